The third kappa shape index (κ3) is 5.54. The third-order valence-electron chi connectivity index (χ3n) is 2.45. The van der Waals surface area contributed by atoms with Gasteiger partial charge in [-0.15, -0.1) is 0 Å². The summed E-state index contributed by atoms with van der Waals surface area (Å²) >= 11 is 0. The van der Waals surface area contributed by atoms with Gasteiger partial charge in [0.05, 0.1) is 12.4 Å². The van der Waals surface area contributed by atoms with Crippen LogP contribution in [0.3, 0.4) is 0 Å². The molecule has 0 saturated carbocycles. The average Bonchev–Trinajstić information content (AvgIpc) is 2.75. The number of hydrogen-bond acceptors (Lipinski definition) is 3. The largest absolute Gasteiger partial charge is 0.393 e. The third-order valence-corrected chi connectivity index (χ3v) is 2.45. The molecular weight excluding hydrogens is 190 g/mol. The quantitative estimate of drug-likeness (QED) is 0.631. The Labute approximate surface area is 91.3 Å². The number of imidazole rings is 1. The number of nitrogens with zero attached hydrogens (tertiary/aromatic N) is 2. The van der Waals surface area contributed by atoms with E-state index >= 15 is 0 Å². The molecule has 15 heavy (non-hydrogen) atoms. The van der Waals surface area contributed by atoms with Crippen molar-refractivity contribution < 1.29 is 5.11 Å². The van der Waals surface area contributed by atoms with Gasteiger partial charge < -0.3 is 15.0 Å². The van der Waals surface area contributed by atoms with Gasteiger partial charge in [-0.1, -0.05) is 6.92 Å². The van der Waals surface area contributed by atoms with Crippen molar-refractivity contribution in [2.24, 2.45) is 0 Å². The van der Waals surface area contributed by atoms with Gasteiger partial charge in [-0.05, 0) is 32.4 Å². The monoisotopic (exact) mass is 211 g/mol. The maximum Gasteiger partial charge on any atom is 0.0945 e. The van der Waals surface area contributed by atoms with E-state index in [9.17, 15) is 5.11 Å². The van der Waals surface area contributed by atoms with E-state index in [2.05, 4.69) is 14.9 Å². The zero-order valence-corrected chi connectivity index (χ0v) is 9.39. The topological polar surface area (TPSA) is 50.1 Å². The molecule has 0 bridgehead atoms. The van der Waals surface area contributed by atoms with Gasteiger partial charge in [0.1, 0.15) is 0 Å². The summed E-state index contributed by atoms with van der Waals surface area (Å²) in [5, 5.41) is 12.6. The summed E-state index contributed by atoms with van der Waals surface area (Å²) in [6.07, 6.45) is 8.25. The Morgan fingerprint density at radius 3 is 3.00 bits per heavy atom. The fourth-order valence-electron chi connectivity index (χ4n) is 1.40. The Morgan fingerprint density at radius 1 is 1.47 bits per heavy atom. The van der Waals surface area contributed by atoms with Crippen molar-refractivity contribution in [3.05, 3.63) is 18.7 Å². The molecule has 1 aromatic heterocycles. The summed E-state index contributed by atoms with van der Waals surface area (Å²) in [5.74, 6) is 0. The zero-order chi connectivity index (χ0) is 10.9. The lowest BCUT2D eigenvalue weighted by molar-refractivity contribution is 0.160. The van der Waals surface area contributed by atoms with E-state index in [-0.39, 0.29) is 6.10 Å². The highest BCUT2D eigenvalue weighted by Gasteiger charge is 1.98. The molecule has 0 spiro atoms. The second-order valence-corrected chi connectivity index (χ2v) is 3.75. The van der Waals surface area contributed by atoms with Crippen LogP contribution in [0.25, 0.3) is 0 Å². The van der Waals surface area contributed by atoms with E-state index in [0.717, 1.165) is 38.9 Å². The predicted molar refractivity (Wildman–Crippen MR) is 60.6 cm³/mol. The van der Waals surface area contributed by atoms with Crippen molar-refractivity contribution in [2.75, 3.05) is 13.1 Å². The molecule has 0 aliphatic heterocycles. The molecule has 1 rings (SSSR count). The van der Waals surface area contributed by atoms with E-state index in [4.69, 9.17) is 0 Å². The minimum atomic E-state index is -0.147. The molecular formula is C11H21N3O. The van der Waals surface area contributed by atoms with Crippen LogP contribution in [0, 0.1) is 0 Å². The Bertz CT molecular complexity index is 236. The van der Waals surface area contributed by atoms with Crippen LogP contribution in [-0.4, -0.2) is 33.9 Å². The molecule has 4 nitrogen and oxygen atoms in total. The predicted octanol–water partition coefficient (Wildman–Crippen LogP) is 1.02. The molecule has 0 aromatic carbocycles. The Hall–Kier alpha value is -0.870. The summed E-state index contributed by atoms with van der Waals surface area (Å²) in [5.41, 5.74) is 0. The lowest BCUT2D eigenvalue weighted by atomic mass is 10.2. The molecule has 0 aliphatic rings. The molecule has 0 aliphatic carbocycles. The van der Waals surface area contributed by atoms with Gasteiger partial charge in [0, 0.05) is 18.9 Å². The van der Waals surface area contributed by atoms with Crippen molar-refractivity contribution in [2.45, 2.75) is 38.8 Å². The van der Waals surface area contributed by atoms with E-state index in [1.165, 1.54) is 0 Å². The molecule has 86 valence electrons. The van der Waals surface area contributed by atoms with E-state index < -0.39 is 0 Å². The summed E-state index contributed by atoms with van der Waals surface area (Å²) in [7, 11) is 0. The van der Waals surface area contributed by atoms with Crippen molar-refractivity contribution in [3.63, 3.8) is 0 Å². The van der Waals surface area contributed by atoms with Gasteiger partial charge in [-0.25, -0.2) is 4.98 Å². The number of hydrogen-bond donors (Lipinski definition) is 2. The lowest BCUT2D eigenvalue weighted by Gasteiger charge is -2.08. The first-order valence-electron chi connectivity index (χ1n) is 5.67. The molecule has 1 aromatic rings. The van der Waals surface area contributed by atoms with Gasteiger partial charge in [-0.3, -0.25) is 0 Å². The zero-order valence-electron chi connectivity index (χ0n) is 9.39. The van der Waals surface area contributed by atoms with Crippen LogP contribution >= 0.6 is 0 Å². The minimum absolute atomic E-state index is 0.147. The maximum atomic E-state index is 9.31. The Kier molecular flexibility index (Phi) is 6.04. The van der Waals surface area contributed by atoms with E-state index in [1.807, 2.05) is 19.4 Å². The molecule has 1 unspecified atom stereocenters. The molecule has 0 radical (unpaired) electrons. The smallest absolute Gasteiger partial charge is 0.0945 e. The van der Waals surface area contributed by atoms with Gasteiger partial charge in [-0.2, -0.15) is 0 Å². The Balaban J connectivity index is 1.89. The van der Waals surface area contributed by atoms with Crippen LogP contribution in [0.4, 0.5) is 0 Å². The molecule has 4 heteroatoms. The van der Waals surface area contributed by atoms with Gasteiger partial charge >= 0.3 is 0 Å². The molecule has 2 N–H and O–H groups in total. The number of nitrogens with one attached hydrogen (secondary N) is 1. The maximum absolute atomic E-state index is 9.31. The highest BCUT2D eigenvalue weighted by molar-refractivity contribution is 4.73. The minimum Gasteiger partial charge on any atom is -0.393 e. The van der Waals surface area contributed by atoms with Gasteiger partial charge in [0.2, 0.25) is 0 Å². The highest BCUT2D eigenvalue weighted by Crippen LogP contribution is 1.94. The summed E-state index contributed by atoms with van der Waals surface area (Å²) in [6, 6.07) is 0. The second kappa shape index (κ2) is 7.43. The van der Waals surface area contributed by atoms with E-state index in [1.54, 1.807) is 6.20 Å². The number of aliphatic hydroxyl groups excluding tert-OH is 1. The first-order valence-corrected chi connectivity index (χ1v) is 5.67. The lowest BCUT2D eigenvalue weighted by Crippen LogP contribution is -2.21. The van der Waals surface area contributed by atoms with E-state index in [0.29, 0.717) is 0 Å². The van der Waals surface area contributed by atoms with Crippen molar-refractivity contribution in [1.29, 1.82) is 0 Å². The number of aliphatic hydroxyl groups is 1. The van der Waals surface area contributed by atoms with Crippen LogP contribution in [0.1, 0.15) is 26.2 Å². The highest BCUT2D eigenvalue weighted by atomic mass is 16.3. The number of aryl methyl sites for hydroxylation is 1. The summed E-state index contributed by atoms with van der Waals surface area (Å²) in [6.45, 7) is 4.90. The van der Waals surface area contributed by atoms with Crippen LogP contribution < -0.4 is 5.32 Å². The number of rotatable bonds is 8. The summed E-state index contributed by atoms with van der Waals surface area (Å²) in [4.78, 5) is 3.98. The number of aromatic nitrogens is 2. The van der Waals surface area contributed by atoms with Crippen molar-refractivity contribution in [3.8, 4) is 0 Å². The first kappa shape index (κ1) is 12.2. The normalized spacial score (nSPS) is 12.9. The molecule has 0 amide bonds. The first-order chi connectivity index (χ1) is 7.33. The molecule has 0 fully saturated rings. The van der Waals surface area contributed by atoms with Crippen LogP contribution in [0.2, 0.25) is 0 Å². The van der Waals surface area contributed by atoms with Crippen molar-refractivity contribution >= 4 is 0 Å². The summed E-state index contributed by atoms with van der Waals surface area (Å²) < 4.78 is 2.07. The van der Waals surface area contributed by atoms with Gasteiger partial charge in [0.15, 0.2) is 0 Å². The second-order valence-electron chi connectivity index (χ2n) is 3.75. The molecule has 1 heterocycles. The van der Waals surface area contributed by atoms with Crippen LogP contribution in [0.5, 0.6) is 0 Å². The van der Waals surface area contributed by atoms with Crippen LogP contribution in [0.15, 0.2) is 18.7 Å². The fraction of sp³-hybridized carbons (Fsp3) is 0.727. The molecule has 1 atom stereocenters. The standard InChI is InChI=1S/C11H21N3O/c1-2-11(15)4-6-12-5-3-8-14-9-7-13-10-14/h7,9-12,15H,2-6,8H2,1H3. The average molecular weight is 211 g/mol. The SMILES string of the molecule is CCC(O)CCNCCCn1ccnc1. The molecule has 0 saturated heterocycles. The Morgan fingerprint density at radius 2 is 2.33 bits per heavy atom. The fourth-order valence-corrected chi connectivity index (χ4v) is 1.40. The van der Waals surface area contributed by atoms with Gasteiger partial charge in [0.25, 0.3) is 0 Å². The van der Waals surface area contributed by atoms with Crippen LogP contribution in [-0.2, 0) is 6.54 Å². The van der Waals surface area contributed by atoms with Crippen molar-refractivity contribution in [1.82, 2.24) is 14.9 Å².